The van der Waals surface area contributed by atoms with E-state index in [1.54, 1.807) is 25.1 Å². The van der Waals surface area contributed by atoms with Crippen molar-refractivity contribution in [3.8, 4) is 16.3 Å². The summed E-state index contributed by atoms with van der Waals surface area (Å²) in [7, 11) is 0. The second kappa shape index (κ2) is 9.56. The highest BCUT2D eigenvalue weighted by Crippen LogP contribution is 2.33. The van der Waals surface area contributed by atoms with Crippen LogP contribution in [0.4, 0.5) is 5.69 Å². The Bertz CT molecular complexity index is 1270. The highest BCUT2D eigenvalue weighted by molar-refractivity contribution is 7.13. The normalized spacial score (nSPS) is 10.7. The highest BCUT2D eigenvalue weighted by Gasteiger charge is 2.21. The summed E-state index contributed by atoms with van der Waals surface area (Å²) in [5.74, 6) is -1.24. The van der Waals surface area contributed by atoms with Gasteiger partial charge in [0.1, 0.15) is 5.69 Å². The third kappa shape index (κ3) is 4.70. The van der Waals surface area contributed by atoms with Crippen molar-refractivity contribution in [2.75, 3.05) is 11.9 Å². The van der Waals surface area contributed by atoms with E-state index >= 15 is 0 Å². The molecule has 9 heteroatoms. The van der Waals surface area contributed by atoms with Gasteiger partial charge < -0.3 is 10.1 Å². The Labute approximate surface area is 198 Å². The zero-order chi connectivity index (χ0) is 22.7. The number of rotatable bonds is 6. The molecule has 1 amide bonds. The van der Waals surface area contributed by atoms with Crippen LogP contribution in [0, 0.1) is 6.92 Å². The lowest BCUT2D eigenvalue weighted by molar-refractivity contribution is -0.119. The summed E-state index contributed by atoms with van der Waals surface area (Å²) in [6, 6.07) is 18.1. The Morgan fingerprint density at radius 1 is 1.09 bits per heavy atom. The lowest BCUT2D eigenvalue weighted by Crippen LogP contribution is -2.22. The molecule has 0 unspecified atom stereocenters. The fraction of sp³-hybridized carbons (Fsp3) is 0.0870. The molecule has 0 spiro atoms. The first-order chi connectivity index (χ1) is 15.4. The van der Waals surface area contributed by atoms with Gasteiger partial charge in [-0.15, -0.1) is 11.3 Å². The molecular formula is C23H17Cl2N3O3S. The minimum atomic E-state index is -0.680. The first-order valence-corrected chi connectivity index (χ1v) is 11.2. The number of hydrogen-bond donors (Lipinski definition) is 1. The quantitative estimate of drug-likeness (QED) is 0.339. The zero-order valence-corrected chi connectivity index (χ0v) is 19.2. The first-order valence-electron chi connectivity index (χ1n) is 9.55. The maximum Gasteiger partial charge on any atom is 0.357 e. The zero-order valence-electron chi connectivity index (χ0n) is 16.8. The molecule has 1 N–H and O–H groups in total. The van der Waals surface area contributed by atoms with Gasteiger partial charge in [-0.2, -0.15) is 5.10 Å². The monoisotopic (exact) mass is 485 g/mol. The lowest BCUT2D eigenvalue weighted by atomic mass is 10.2. The molecule has 0 saturated carbocycles. The van der Waals surface area contributed by atoms with Crippen molar-refractivity contribution >= 4 is 52.1 Å². The molecular weight excluding hydrogens is 469 g/mol. The van der Waals surface area contributed by atoms with Gasteiger partial charge in [-0.3, -0.25) is 4.79 Å². The van der Waals surface area contributed by atoms with Crippen LogP contribution in [0.15, 0.2) is 66.0 Å². The number of para-hydroxylation sites is 1. The Morgan fingerprint density at radius 3 is 2.59 bits per heavy atom. The molecule has 4 aromatic rings. The van der Waals surface area contributed by atoms with Gasteiger partial charge in [0, 0.05) is 6.07 Å². The molecule has 0 radical (unpaired) electrons. The number of carbonyl (C=O) groups is 2. The minimum absolute atomic E-state index is 0.207. The van der Waals surface area contributed by atoms with Gasteiger partial charge in [-0.1, -0.05) is 53.5 Å². The van der Waals surface area contributed by atoms with Crippen molar-refractivity contribution in [1.82, 2.24) is 9.78 Å². The molecule has 162 valence electrons. The molecule has 32 heavy (non-hydrogen) atoms. The number of esters is 1. The van der Waals surface area contributed by atoms with E-state index in [4.69, 9.17) is 27.9 Å². The molecule has 2 aromatic heterocycles. The summed E-state index contributed by atoms with van der Waals surface area (Å²) in [6.07, 6.45) is 0. The smallest absolute Gasteiger partial charge is 0.357 e. The van der Waals surface area contributed by atoms with E-state index in [1.165, 1.54) is 16.0 Å². The lowest BCUT2D eigenvalue weighted by Gasteiger charge is -2.11. The fourth-order valence-electron chi connectivity index (χ4n) is 2.99. The van der Waals surface area contributed by atoms with Gasteiger partial charge in [0.15, 0.2) is 12.3 Å². The molecule has 4 rings (SSSR count). The molecule has 2 heterocycles. The average Bonchev–Trinajstić information content (AvgIpc) is 3.48. The van der Waals surface area contributed by atoms with Gasteiger partial charge >= 0.3 is 5.97 Å². The summed E-state index contributed by atoms with van der Waals surface area (Å²) in [4.78, 5) is 26.2. The Balaban J connectivity index is 1.53. The van der Waals surface area contributed by atoms with E-state index in [0.29, 0.717) is 21.4 Å². The Hall–Kier alpha value is -3.13. The van der Waals surface area contributed by atoms with Gasteiger partial charge in [0.25, 0.3) is 5.91 Å². The van der Waals surface area contributed by atoms with Crippen molar-refractivity contribution < 1.29 is 14.3 Å². The van der Waals surface area contributed by atoms with E-state index in [-0.39, 0.29) is 11.4 Å². The van der Waals surface area contributed by atoms with E-state index < -0.39 is 18.5 Å². The van der Waals surface area contributed by atoms with Crippen LogP contribution in [0.3, 0.4) is 0 Å². The number of aryl methyl sites for hydroxylation is 1. The molecule has 2 aromatic carbocycles. The molecule has 0 aliphatic rings. The van der Waals surface area contributed by atoms with E-state index in [2.05, 4.69) is 10.4 Å². The third-order valence-electron chi connectivity index (χ3n) is 4.58. The summed E-state index contributed by atoms with van der Waals surface area (Å²) in [5, 5.41) is 9.72. The number of halogens is 2. The van der Waals surface area contributed by atoms with Crippen LogP contribution in [-0.4, -0.2) is 28.3 Å². The summed E-state index contributed by atoms with van der Waals surface area (Å²) < 4.78 is 6.77. The van der Waals surface area contributed by atoms with E-state index in [1.807, 2.05) is 47.8 Å². The van der Waals surface area contributed by atoms with Crippen LogP contribution >= 0.6 is 34.5 Å². The Kier molecular flexibility index (Phi) is 6.60. The standard InChI is InChI=1S/C23H17Cl2N3O3S/c1-14-9-10-16(24)22(21(14)25)26-20(29)13-31-23(30)18-12-17(19-8-5-11-32-19)27-28(18)15-6-3-2-4-7-15/h2-12H,13H2,1H3,(H,26,29). The molecule has 0 saturated heterocycles. The van der Waals surface area contributed by atoms with Crippen molar-refractivity contribution in [3.63, 3.8) is 0 Å². The van der Waals surface area contributed by atoms with E-state index in [9.17, 15) is 9.59 Å². The summed E-state index contributed by atoms with van der Waals surface area (Å²) in [6.45, 7) is 1.29. The molecule has 0 atom stereocenters. The summed E-state index contributed by atoms with van der Waals surface area (Å²) in [5.41, 5.74) is 2.59. The van der Waals surface area contributed by atoms with Gasteiger partial charge in [-0.05, 0) is 42.1 Å². The predicted octanol–water partition coefficient (Wildman–Crippen LogP) is 6.01. The number of benzene rings is 2. The van der Waals surface area contributed by atoms with Crippen LogP contribution in [0.1, 0.15) is 16.1 Å². The number of nitrogens with one attached hydrogen (secondary N) is 1. The van der Waals surface area contributed by atoms with Gasteiger partial charge in [-0.25, -0.2) is 9.48 Å². The van der Waals surface area contributed by atoms with Crippen molar-refractivity contribution in [3.05, 3.63) is 87.3 Å². The van der Waals surface area contributed by atoms with Crippen molar-refractivity contribution in [1.29, 1.82) is 0 Å². The number of hydrogen-bond acceptors (Lipinski definition) is 5. The number of thiophene rings is 1. The van der Waals surface area contributed by atoms with Crippen LogP contribution in [0.5, 0.6) is 0 Å². The van der Waals surface area contributed by atoms with Crippen LogP contribution in [0.2, 0.25) is 10.0 Å². The average molecular weight is 486 g/mol. The second-order valence-electron chi connectivity index (χ2n) is 6.82. The molecule has 0 bridgehead atoms. The van der Waals surface area contributed by atoms with Crippen molar-refractivity contribution in [2.45, 2.75) is 6.92 Å². The maximum absolute atomic E-state index is 12.9. The largest absolute Gasteiger partial charge is 0.451 e. The fourth-order valence-corrected chi connectivity index (χ4v) is 4.14. The predicted molar refractivity (Wildman–Crippen MR) is 127 cm³/mol. The summed E-state index contributed by atoms with van der Waals surface area (Å²) >= 11 is 13.9. The number of carbonyl (C=O) groups excluding carboxylic acids is 2. The molecule has 6 nitrogen and oxygen atoms in total. The third-order valence-corrected chi connectivity index (χ3v) is 6.27. The molecule has 0 aliphatic carbocycles. The van der Waals surface area contributed by atoms with Crippen LogP contribution in [0.25, 0.3) is 16.3 Å². The number of nitrogens with zero attached hydrogens (tertiary/aromatic N) is 2. The van der Waals surface area contributed by atoms with Gasteiger partial charge in [0.2, 0.25) is 0 Å². The SMILES string of the molecule is Cc1ccc(Cl)c(NC(=O)COC(=O)c2cc(-c3cccs3)nn2-c2ccccc2)c1Cl. The van der Waals surface area contributed by atoms with Crippen LogP contribution < -0.4 is 5.32 Å². The van der Waals surface area contributed by atoms with Crippen LogP contribution in [-0.2, 0) is 9.53 Å². The Morgan fingerprint density at radius 2 is 1.88 bits per heavy atom. The number of ether oxygens (including phenoxy) is 1. The second-order valence-corrected chi connectivity index (χ2v) is 8.55. The number of aromatic nitrogens is 2. The van der Waals surface area contributed by atoms with Crippen molar-refractivity contribution in [2.24, 2.45) is 0 Å². The minimum Gasteiger partial charge on any atom is -0.451 e. The number of amides is 1. The van der Waals surface area contributed by atoms with E-state index in [0.717, 1.165) is 10.4 Å². The highest BCUT2D eigenvalue weighted by atomic mass is 35.5. The molecule has 0 aliphatic heterocycles. The van der Waals surface area contributed by atoms with Gasteiger partial charge in [0.05, 0.1) is 26.3 Å². The first kappa shape index (κ1) is 22.1. The maximum atomic E-state index is 12.9. The number of anilines is 1. The topological polar surface area (TPSA) is 73.2 Å². The molecule has 0 fully saturated rings.